The molecule has 0 aliphatic heterocycles. The summed E-state index contributed by atoms with van der Waals surface area (Å²) in [6, 6.07) is 6.31. The molecule has 2 aromatic rings. The lowest BCUT2D eigenvalue weighted by Crippen LogP contribution is -2.24. The fourth-order valence-electron chi connectivity index (χ4n) is 3.78. The Morgan fingerprint density at radius 3 is 2.58 bits per heavy atom. The van der Waals surface area contributed by atoms with Crippen LogP contribution in [0.15, 0.2) is 18.2 Å². The summed E-state index contributed by atoms with van der Waals surface area (Å²) in [6.45, 7) is 8.20. The first-order chi connectivity index (χ1) is 11.5. The van der Waals surface area contributed by atoms with Crippen molar-refractivity contribution in [2.75, 3.05) is 7.11 Å². The lowest BCUT2D eigenvalue weighted by atomic mass is 9.85. The number of rotatable bonds is 3. The standard InChI is InChI=1S/C21H27NO2/c1-5-15-11-17-12-19(13(2)10-20(17)22-14(15)3)21(23)16-6-8-18(24-4)9-7-16/h10-12,16,18,23H,3,5-9H2,1-2,4H3/b21-19+. The number of hydrogen-bond acceptors (Lipinski definition) is 3. The zero-order chi connectivity index (χ0) is 17.3. The maximum Gasteiger partial charge on any atom is 0.103 e. The zero-order valence-corrected chi connectivity index (χ0v) is 14.9. The number of fused-ring (bicyclic) bond motifs is 1. The van der Waals surface area contributed by atoms with Gasteiger partial charge in [-0.3, -0.25) is 0 Å². The maximum atomic E-state index is 10.9. The molecule has 3 nitrogen and oxygen atoms in total. The van der Waals surface area contributed by atoms with E-state index < -0.39 is 0 Å². The molecular formula is C21H27NO2. The topological polar surface area (TPSA) is 42.4 Å². The molecule has 0 saturated heterocycles. The zero-order valence-electron chi connectivity index (χ0n) is 14.9. The SMILES string of the molecule is C=c1nc2cc(C)/c(=C(/O)C3CCC(OC)CC3)cc2cc1CC. The Labute approximate surface area is 143 Å². The monoisotopic (exact) mass is 325 g/mol. The fraction of sp³-hybridized carbons (Fsp3) is 0.476. The summed E-state index contributed by atoms with van der Waals surface area (Å²) < 4.78 is 5.44. The number of aliphatic hydroxyl groups excluding tert-OH is 1. The van der Waals surface area contributed by atoms with E-state index in [1.54, 1.807) is 7.11 Å². The van der Waals surface area contributed by atoms with Gasteiger partial charge in [-0.25, -0.2) is 4.98 Å². The first kappa shape index (κ1) is 17.0. The van der Waals surface area contributed by atoms with Crippen molar-refractivity contribution in [2.24, 2.45) is 5.92 Å². The van der Waals surface area contributed by atoms with Crippen molar-refractivity contribution in [3.05, 3.63) is 39.9 Å². The molecule has 1 aromatic heterocycles. The van der Waals surface area contributed by atoms with Crippen LogP contribution in [0.3, 0.4) is 0 Å². The molecule has 1 aliphatic carbocycles. The van der Waals surface area contributed by atoms with E-state index in [2.05, 4.69) is 36.7 Å². The molecule has 128 valence electrons. The minimum absolute atomic E-state index is 0.235. The van der Waals surface area contributed by atoms with Gasteiger partial charge in [0.25, 0.3) is 0 Å². The maximum absolute atomic E-state index is 10.9. The Balaban J connectivity index is 2.06. The van der Waals surface area contributed by atoms with Gasteiger partial charge in [0.15, 0.2) is 0 Å². The molecule has 0 unspecified atom stereocenters. The number of pyridine rings is 1. The van der Waals surface area contributed by atoms with Gasteiger partial charge >= 0.3 is 0 Å². The average Bonchev–Trinajstić information content (AvgIpc) is 2.60. The number of benzene rings is 1. The predicted molar refractivity (Wildman–Crippen MR) is 99.4 cm³/mol. The molecule has 3 heteroatoms. The molecule has 1 heterocycles. The summed E-state index contributed by atoms with van der Waals surface area (Å²) in [5.74, 6) is 0.763. The molecule has 1 aromatic carbocycles. The van der Waals surface area contributed by atoms with Crippen LogP contribution in [0.1, 0.15) is 43.7 Å². The highest BCUT2D eigenvalue weighted by atomic mass is 16.5. The number of aliphatic hydroxyl groups is 1. The summed E-state index contributed by atoms with van der Waals surface area (Å²) in [6.07, 6.45) is 5.27. The van der Waals surface area contributed by atoms with Crippen LogP contribution in [0, 0.1) is 12.8 Å². The van der Waals surface area contributed by atoms with E-state index in [9.17, 15) is 5.11 Å². The second-order valence-electron chi connectivity index (χ2n) is 6.90. The summed E-state index contributed by atoms with van der Waals surface area (Å²) in [7, 11) is 1.78. The Kier molecular flexibility index (Phi) is 4.91. The molecule has 1 N–H and O–H groups in total. The first-order valence-corrected chi connectivity index (χ1v) is 8.88. The van der Waals surface area contributed by atoms with E-state index in [1.807, 2.05) is 6.92 Å². The van der Waals surface area contributed by atoms with Gasteiger partial charge in [-0.05, 0) is 68.4 Å². The van der Waals surface area contributed by atoms with Crippen LogP contribution in [0.4, 0.5) is 0 Å². The van der Waals surface area contributed by atoms with Gasteiger partial charge < -0.3 is 9.84 Å². The highest BCUT2D eigenvalue weighted by Crippen LogP contribution is 2.30. The molecule has 0 atom stereocenters. The van der Waals surface area contributed by atoms with Crippen molar-refractivity contribution in [3.8, 4) is 0 Å². The van der Waals surface area contributed by atoms with Crippen LogP contribution in [0.25, 0.3) is 23.2 Å². The van der Waals surface area contributed by atoms with E-state index in [1.165, 1.54) is 0 Å². The van der Waals surface area contributed by atoms with Gasteiger partial charge in [0.1, 0.15) is 5.76 Å². The van der Waals surface area contributed by atoms with Crippen LogP contribution >= 0.6 is 0 Å². The number of hydrogen-bond donors (Lipinski definition) is 1. The summed E-state index contributed by atoms with van der Waals surface area (Å²) in [5.41, 5.74) is 3.19. The third-order valence-electron chi connectivity index (χ3n) is 5.38. The van der Waals surface area contributed by atoms with Crippen molar-refractivity contribution in [1.82, 2.24) is 4.98 Å². The van der Waals surface area contributed by atoms with E-state index in [0.717, 1.165) is 64.7 Å². The summed E-state index contributed by atoms with van der Waals surface area (Å²) in [5, 5.41) is 13.8. The van der Waals surface area contributed by atoms with Gasteiger partial charge in [-0.2, -0.15) is 0 Å². The van der Waals surface area contributed by atoms with Crippen LogP contribution < -0.4 is 10.6 Å². The number of aromatic nitrogens is 1. The molecule has 24 heavy (non-hydrogen) atoms. The van der Waals surface area contributed by atoms with Crippen LogP contribution in [0.5, 0.6) is 0 Å². The van der Waals surface area contributed by atoms with Crippen LogP contribution in [-0.2, 0) is 11.2 Å². The predicted octanol–water partition coefficient (Wildman–Crippen LogP) is 3.39. The van der Waals surface area contributed by atoms with Crippen molar-refractivity contribution in [2.45, 2.75) is 52.1 Å². The van der Waals surface area contributed by atoms with Crippen molar-refractivity contribution in [3.63, 3.8) is 0 Å². The molecule has 1 fully saturated rings. The molecule has 1 aliphatic rings. The Hall–Kier alpha value is -1.87. The largest absolute Gasteiger partial charge is 0.511 e. The van der Waals surface area contributed by atoms with Gasteiger partial charge in [0.2, 0.25) is 0 Å². The smallest absolute Gasteiger partial charge is 0.103 e. The minimum Gasteiger partial charge on any atom is -0.511 e. The van der Waals surface area contributed by atoms with Crippen molar-refractivity contribution >= 4 is 23.2 Å². The molecule has 0 amide bonds. The second-order valence-corrected chi connectivity index (χ2v) is 6.90. The van der Waals surface area contributed by atoms with E-state index >= 15 is 0 Å². The second kappa shape index (κ2) is 6.94. The summed E-state index contributed by atoms with van der Waals surface area (Å²) >= 11 is 0. The van der Waals surface area contributed by atoms with E-state index in [0.29, 0.717) is 11.9 Å². The number of methoxy groups -OCH3 is 1. The van der Waals surface area contributed by atoms with Gasteiger partial charge in [0, 0.05) is 23.6 Å². The third kappa shape index (κ3) is 3.18. The third-order valence-corrected chi connectivity index (χ3v) is 5.38. The molecule has 3 rings (SSSR count). The highest BCUT2D eigenvalue weighted by molar-refractivity contribution is 5.80. The normalized spacial score (nSPS) is 22.6. The first-order valence-electron chi connectivity index (χ1n) is 8.88. The lowest BCUT2D eigenvalue weighted by Gasteiger charge is -2.27. The van der Waals surface area contributed by atoms with E-state index in [4.69, 9.17) is 4.74 Å². The van der Waals surface area contributed by atoms with Gasteiger partial charge in [-0.15, -0.1) is 0 Å². The molecule has 0 radical (unpaired) electrons. The van der Waals surface area contributed by atoms with Gasteiger partial charge in [-0.1, -0.05) is 13.5 Å². The highest BCUT2D eigenvalue weighted by Gasteiger charge is 2.24. The molecule has 1 saturated carbocycles. The number of aryl methyl sites for hydroxylation is 2. The fourth-order valence-corrected chi connectivity index (χ4v) is 3.78. The molecule has 0 bridgehead atoms. The van der Waals surface area contributed by atoms with E-state index in [-0.39, 0.29) is 5.92 Å². The van der Waals surface area contributed by atoms with Gasteiger partial charge in [0.05, 0.1) is 17.0 Å². The number of ether oxygens (including phenoxy) is 1. The Bertz CT molecular complexity index is 848. The minimum atomic E-state index is 0.235. The Morgan fingerprint density at radius 1 is 1.25 bits per heavy atom. The average molecular weight is 325 g/mol. The summed E-state index contributed by atoms with van der Waals surface area (Å²) in [4.78, 5) is 4.62. The van der Waals surface area contributed by atoms with Crippen LogP contribution in [-0.4, -0.2) is 23.3 Å². The quantitative estimate of drug-likeness (QED) is 0.940. The molecular weight excluding hydrogens is 298 g/mol. The molecule has 0 spiro atoms. The van der Waals surface area contributed by atoms with Crippen LogP contribution in [0.2, 0.25) is 0 Å². The van der Waals surface area contributed by atoms with Crippen molar-refractivity contribution < 1.29 is 9.84 Å². The Morgan fingerprint density at radius 2 is 1.96 bits per heavy atom. The number of nitrogens with zero attached hydrogens (tertiary/aromatic N) is 1. The van der Waals surface area contributed by atoms with Crippen molar-refractivity contribution in [1.29, 1.82) is 0 Å². The lowest BCUT2D eigenvalue weighted by molar-refractivity contribution is 0.0609.